The van der Waals surface area contributed by atoms with E-state index in [4.69, 9.17) is 9.47 Å². The zero-order chi connectivity index (χ0) is 29.1. The van der Waals surface area contributed by atoms with Crippen molar-refractivity contribution in [2.45, 2.75) is 51.7 Å². The first-order valence-corrected chi connectivity index (χ1v) is 12.7. The molecule has 4 nitrogen and oxygen atoms in total. The molecule has 0 aromatic heterocycles. The summed E-state index contributed by atoms with van der Waals surface area (Å²) in [5, 5.41) is 9.85. The Bertz CT molecular complexity index is 1470. The average molecular weight is 565 g/mol. The van der Waals surface area contributed by atoms with Crippen LogP contribution in [-0.2, 0) is 4.74 Å². The van der Waals surface area contributed by atoms with Gasteiger partial charge in [-0.2, -0.15) is 4.39 Å². The van der Waals surface area contributed by atoms with E-state index in [1.807, 2.05) is 0 Å². The molecule has 1 aliphatic carbocycles. The fourth-order valence-electron chi connectivity index (χ4n) is 4.59. The quantitative estimate of drug-likeness (QED) is 0.224. The van der Waals surface area contributed by atoms with Crippen molar-refractivity contribution in [3.63, 3.8) is 0 Å². The molecule has 4 rings (SSSR count). The lowest BCUT2D eigenvalue weighted by atomic mass is 9.90. The topological polar surface area (TPSA) is 55.8 Å². The molecular formula is C30H26F6O4. The average Bonchev–Trinajstić information content (AvgIpc) is 2.95. The normalized spacial score (nSPS) is 15.9. The third kappa shape index (κ3) is 5.58. The van der Waals surface area contributed by atoms with Crippen molar-refractivity contribution in [2.75, 3.05) is 6.61 Å². The lowest BCUT2D eigenvalue weighted by Crippen LogP contribution is -2.21. The fraction of sp³-hybridized carbons (Fsp3) is 0.300. The largest absolute Gasteiger partial charge is 0.491 e. The number of hydrogen-bond donors (Lipinski definition) is 1. The maximum atomic E-state index is 14.9. The number of carbonyl (C=O) groups is 1. The van der Waals surface area contributed by atoms with Crippen LogP contribution < -0.4 is 4.74 Å². The van der Waals surface area contributed by atoms with Gasteiger partial charge < -0.3 is 14.6 Å². The molecule has 10 heteroatoms. The summed E-state index contributed by atoms with van der Waals surface area (Å²) in [7, 11) is 0. The van der Waals surface area contributed by atoms with Crippen LogP contribution >= 0.6 is 0 Å². The highest BCUT2D eigenvalue weighted by Gasteiger charge is 2.27. The summed E-state index contributed by atoms with van der Waals surface area (Å²) in [6.45, 7) is 3.28. The Labute approximate surface area is 226 Å². The Balaban J connectivity index is 1.49. The van der Waals surface area contributed by atoms with E-state index in [0.29, 0.717) is 5.57 Å². The molecule has 0 saturated heterocycles. The second kappa shape index (κ2) is 12.2. The fourth-order valence-corrected chi connectivity index (χ4v) is 4.59. The van der Waals surface area contributed by atoms with Gasteiger partial charge in [-0.3, -0.25) is 0 Å². The minimum absolute atomic E-state index is 0.0241. The van der Waals surface area contributed by atoms with Crippen molar-refractivity contribution >= 4 is 11.5 Å². The van der Waals surface area contributed by atoms with Crippen LogP contribution in [-0.4, -0.2) is 23.8 Å². The Hall–Kier alpha value is -3.79. The number of carbonyl (C=O) groups excluding carboxylic acids is 1. The van der Waals surface area contributed by atoms with Gasteiger partial charge in [0.25, 0.3) is 0 Å². The molecule has 2 atom stereocenters. The molecule has 3 aromatic carbocycles. The Morgan fingerprint density at radius 1 is 0.850 bits per heavy atom. The molecule has 2 unspecified atom stereocenters. The number of esters is 1. The van der Waals surface area contributed by atoms with Crippen molar-refractivity contribution in [2.24, 2.45) is 0 Å². The summed E-state index contributed by atoms with van der Waals surface area (Å²) in [5.74, 6) is -9.70. The van der Waals surface area contributed by atoms with E-state index in [-0.39, 0.29) is 49.2 Å². The molecule has 0 aliphatic heterocycles. The maximum absolute atomic E-state index is 14.9. The molecule has 0 saturated carbocycles. The summed E-state index contributed by atoms with van der Waals surface area (Å²) < 4.78 is 97.8. The minimum Gasteiger partial charge on any atom is -0.491 e. The van der Waals surface area contributed by atoms with Gasteiger partial charge in [0.05, 0.1) is 18.3 Å². The van der Waals surface area contributed by atoms with Crippen molar-refractivity contribution in [1.82, 2.24) is 0 Å². The lowest BCUT2D eigenvalue weighted by molar-refractivity contribution is 0.0279. The van der Waals surface area contributed by atoms with Gasteiger partial charge in [-0.15, -0.1) is 0 Å². The number of rotatable bonds is 8. The highest BCUT2D eigenvalue weighted by molar-refractivity contribution is 5.91. The zero-order valence-electron chi connectivity index (χ0n) is 21.7. The molecule has 1 N–H and O–H groups in total. The molecule has 3 aromatic rings. The minimum atomic E-state index is -1.59. The first-order valence-electron chi connectivity index (χ1n) is 12.7. The van der Waals surface area contributed by atoms with Gasteiger partial charge in [0, 0.05) is 28.7 Å². The van der Waals surface area contributed by atoms with Crippen molar-refractivity contribution in [3.8, 4) is 16.9 Å². The van der Waals surface area contributed by atoms with Gasteiger partial charge >= 0.3 is 5.97 Å². The molecule has 0 spiro atoms. The van der Waals surface area contributed by atoms with Crippen LogP contribution in [0, 0.1) is 34.9 Å². The van der Waals surface area contributed by atoms with Crippen LogP contribution in [0.15, 0.2) is 42.5 Å². The molecule has 0 amide bonds. The number of halogens is 6. The zero-order valence-corrected chi connectivity index (χ0v) is 21.7. The first kappa shape index (κ1) is 29.2. The Morgan fingerprint density at radius 3 is 2.10 bits per heavy atom. The predicted octanol–water partition coefficient (Wildman–Crippen LogP) is 7.82. The molecule has 0 fully saturated rings. The van der Waals surface area contributed by atoms with Crippen LogP contribution in [0.1, 0.15) is 67.1 Å². The molecule has 212 valence electrons. The number of ether oxygens (including phenoxy) is 2. The second-order valence-electron chi connectivity index (χ2n) is 9.25. The Morgan fingerprint density at radius 2 is 1.48 bits per heavy atom. The van der Waals surface area contributed by atoms with E-state index in [1.165, 1.54) is 12.1 Å². The third-order valence-corrected chi connectivity index (χ3v) is 6.78. The van der Waals surface area contributed by atoms with E-state index in [0.717, 1.165) is 24.3 Å². The van der Waals surface area contributed by atoms with E-state index >= 15 is 0 Å². The van der Waals surface area contributed by atoms with Gasteiger partial charge in [0.2, 0.25) is 5.82 Å². The van der Waals surface area contributed by atoms with Crippen LogP contribution in [0.25, 0.3) is 16.7 Å². The monoisotopic (exact) mass is 564 g/mol. The predicted molar refractivity (Wildman–Crippen MR) is 136 cm³/mol. The standard InChI is InChI=1S/C30H26F6O4/c1-3-22(37)20-11-9-17(24(31)27(20)34)15-5-7-16(8-6-15)40-30(38)21-12-10-18(25(32)28(21)35)19-13-14-23(39-4-2)29(36)26(19)33/h5,9-14,16,22,37H,3-4,6-8H2,1-2H3. The van der Waals surface area contributed by atoms with Crippen molar-refractivity contribution in [3.05, 3.63) is 94.1 Å². The second-order valence-corrected chi connectivity index (χ2v) is 9.25. The number of aliphatic hydroxyl groups is 1. The molecule has 0 bridgehead atoms. The van der Waals surface area contributed by atoms with Gasteiger partial charge in [0.1, 0.15) is 6.10 Å². The number of allylic oxidation sites excluding steroid dienone is 1. The molecule has 1 aliphatic rings. The SMILES string of the molecule is CCOc1ccc(-c2ccc(C(=O)OC3CC=C(c4ccc(C(O)CC)c(F)c4F)CC3)c(F)c2F)c(F)c1F. The summed E-state index contributed by atoms with van der Waals surface area (Å²) >= 11 is 0. The number of benzene rings is 3. The molecule has 0 heterocycles. The van der Waals surface area contributed by atoms with Gasteiger partial charge in [-0.25, -0.2) is 26.7 Å². The molecular weight excluding hydrogens is 538 g/mol. The maximum Gasteiger partial charge on any atom is 0.341 e. The summed E-state index contributed by atoms with van der Waals surface area (Å²) in [6.07, 6.45) is 0.437. The summed E-state index contributed by atoms with van der Waals surface area (Å²) in [4.78, 5) is 12.6. The van der Waals surface area contributed by atoms with Crippen molar-refractivity contribution < 1.29 is 45.7 Å². The molecule has 0 radical (unpaired) electrons. The molecule has 40 heavy (non-hydrogen) atoms. The van der Waals surface area contributed by atoms with Crippen LogP contribution in [0.4, 0.5) is 26.3 Å². The highest BCUT2D eigenvalue weighted by atomic mass is 19.2. The van der Waals surface area contributed by atoms with Crippen LogP contribution in [0.3, 0.4) is 0 Å². The number of hydrogen-bond acceptors (Lipinski definition) is 4. The van der Waals surface area contributed by atoms with Gasteiger partial charge in [-0.05, 0) is 50.0 Å². The summed E-state index contributed by atoms with van der Waals surface area (Å²) in [5.41, 5.74) is -1.51. The lowest BCUT2D eigenvalue weighted by Gasteiger charge is -2.23. The Kier molecular flexibility index (Phi) is 8.88. The third-order valence-electron chi connectivity index (χ3n) is 6.78. The van der Waals surface area contributed by atoms with E-state index in [1.54, 1.807) is 19.9 Å². The summed E-state index contributed by atoms with van der Waals surface area (Å²) in [6, 6.07) is 6.69. The number of aliphatic hydroxyl groups excluding tert-OH is 1. The van der Waals surface area contributed by atoms with E-state index < -0.39 is 69.8 Å². The smallest absolute Gasteiger partial charge is 0.341 e. The van der Waals surface area contributed by atoms with E-state index in [2.05, 4.69) is 0 Å². The highest BCUT2D eigenvalue weighted by Crippen LogP contribution is 2.35. The van der Waals surface area contributed by atoms with E-state index in [9.17, 15) is 36.2 Å². The van der Waals surface area contributed by atoms with Gasteiger partial charge in [0.15, 0.2) is 34.8 Å². The first-order chi connectivity index (χ1) is 19.1. The van der Waals surface area contributed by atoms with Gasteiger partial charge in [-0.1, -0.05) is 31.2 Å². The van der Waals surface area contributed by atoms with Crippen molar-refractivity contribution in [1.29, 1.82) is 0 Å². The van der Waals surface area contributed by atoms with Crippen LogP contribution in [0.5, 0.6) is 5.75 Å². The van der Waals surface area contributed by atoms with Crippen LogP contribution in [0.2, 0.25) is 0 Å².